The van der Waals surface area contributed by atoms with E-state index in [0.717, 1.165) is 18.9 Å². The number of hydrogen-bond donors (Lipinski definition) is 1. The topological polar surface area (TPSA) is 69.4 Å². The van der Waals surface area contributed by atoms with Crippen LogP contribution in [0, 0.1) is 22.7 Å². The Hall–Kier alpha value is -0.130. The van der Waals surface area contributed by atoms with Crippen LogP contribution in [-0.2, 0) is 14.8 Å². The summed E-state index contributed by atoms with van der Waals surface area (Å²) in [4.78, 5) is 0. The molecular formula is C16H31NO3S. The van der Waals surface area contributed by atoms with Crippen LogP contribution in [0.5, 0.6) is 0 Å². The van der Waals surface area contributed by atoms with Gasteiger partial charge in [0.1, 0.15) is 0 Å². The molecule has 2 rings (SSSR count). The fourth-order valence-corrected chi connectivity index (χ4v) is 5.03. The minimum absolute atomic E-state index is 0.0738. The molecule has 0 spiro atoms. The molecule has 2 saturated carbocycles. The molecule has 2 aliphatic carbocycles. The number of hydrogen-bond acceptors (Lipinski definition) is 3. The molecule has 0 aliphatic heterocycles. The van der Waals surface area contributed by atoms with Crippen molar-refractivity contribution in [3.63, 3.8) is 0 Å². The number of rotatable bonds is 7. The van der Waals surface area contributed by atoms with E-state index in [4.69, 9.17) is 9.88 Å². The van der Waals surface area contributed by atoms with E-state index in [-0.39, 0.29) is 5.75 Å². The van der Waals surface area contributed by atoms with Crippen LogP contribution in [0.4, 0.5) is 0 Å². The normalized spacial score (nSPS) is 36.0. The number of nitrogens with two attached hydrogens (primary N) is 1. The zero-order valence-electron chi connectivity index (χ0n) is 13.9. The Morgan fingerprint density at radius 1 is 1.29 bits per heavy atom. The van der Waals surface area contributed by atoms with E-state index in [0.29, 0.717) is 29.3 Å². The molecule has 4 atom stereocenters. The smallest absolute Gasteiger partial charge is 0.209 e. The summed E-state index contributed by atoms with van der Waals surface area (Å²) < 4.78 is 28.1. The minimum atomic E-state index is -3.33. The summed E-state index contributed by atoms with van der Waals surface area (Å²) in [5.41, 5.74) is 0.693. The van der Waals surface area contributed by atoms with Gasteiger partial charge in [0.2, 0.25) is 10.0 Å². The zero-order chi connectivity index (χ0) is 15.9. The molecule has 2 fully saturated rings. The SMILES string of the molecule is CC(CCOC1CC2CCC1(C)C2(C)C)CCS(N)(=O)=O. The summed E-state index contributed by atoms with van der Waals surface area (Å²) in [5.74, 6) is 1.21. The third-order valence-corrected chi connectivity index (χ3v) is 7.34. The van der Waals surface area contributed by atoms with Crippen molar-refractivity contribution < 1.29 is 13.2 Å². The van der Waals surface area contributed by atoms with Gasteiger partial charge < -0.3 is 4.74 Å². The Morgan fingerprint density at radius 2 is 1.95 bits per heavy atom. The van der Waals surface area contributed by atoms with Crippen LogP contribution in [0.25, 0.3) is 0 Å². The molecule has 0 amide bonds. The quantitative estimate of drug-likeness (QED) is 0.785. The monoisotopic (exact) mass is 317 g/mol. The maximum atomic E-state index is 11.0. The first-order valence-electron chi connectivity index (χ1n) is 8.18. The van der Waals surface area contributed by atoms with Gasteiger partial charge in [0.15, 0.2) is 0 Å². The highest BCUT2D eigenvalue weighted by atomic mass is 32.2. The van der Waals surface area contributed by atoms with Gasteiger partial charge in [-0.15, -0.1) is 0 Å². The van der Waals surface area contributed by atoms with Crippen molar-refractivity contribution in [1.82, 2.24) is 0 Å². The Kier molecular flexibility index (Phi) is 4.77. The largest absolute Gasteiger partial charge is 0.378 e. The van der Waals surface area contributed by atoms with Crippen molar-refractivity contribution >= 4 is 10.0 Å². The molecule has 2 N–H and O–H groups in total. The zero-order valence-corrected chi connectivity index (χ0v) is 14.7. The number of ether oxygens (including phenoxy) is 1. The van der Waals surface area contributed by atoms with E-state index in [9.17, 15) is 8.42 Å². The Balaban J connectivity index is 1.75. The lowest BCUT2D eigenvalue weighted by Gasteiger charge is -2.39. The van der Waals surface area contributed by atoms with Crippen molar-refractivity contribution in [2.24, 2.45) is 27.8 Å². The van der Waals surface area contributed by atoms with Crippen molar-refractivity contribution in [3.8, 4) is 0 Å². The first-order valence-corrected chi connectivity index (χ1v) is 9.90. The van der Waals surface area contributed by atoms with Crippen LogP contribution < -0.4 is 5.14 Å². The molecule has 0 aromatic rings. The van der Waals surface area contributed by atoms with Crippen LogP contribution >= 0.6 is 0 Å². The summed E-state index contributed by atoms with van der Waals surface area (Å²) in [7, 11) is -3.33. The summed E-state index contributed by atoms with van der Waals surface area (Å²) in [6.07, 6.45) is 5.71. The van der Waals surface area contributed by atoms with E-state index < -0.39 is 10.0 Å². The molecule has 0 aromatic heterocycles. The molecule has 4 unspecified atom stereocenters. The third-order valence-electron chi connectivity index (χ3n) is 6.54. The predicted molar refractivity (Wildman–Crippen MR) is 85.3 cm³/mol. The molecule has 2 bridgehead atoms. The maximum absolute atomic E-state index is 11.0. The van der Waals surface area contributed by atoms with Gasteiger partial charge in [0.25, 0.3) is 0 Å². The van der Waals surface area contributed by atoms with E-state index >= 15 is 0 Å². The molecule has 2 aliphatic rings. The molecule has 124 valence electrons. The molecule has 4 nitrogen and oxygen atoms in total. The van der Waals surface area contributed by atoms with Crippen molar-refractivity contribution in [2.45, 2.75) is 65.9 Å². The van der Waals surface area contributed by atoms with Crippen LogP contribution in [0.15, 0.2) is 0 Å². The van der Waals surface area contributed by atoms with Gasteiger partial charge in [-0.25, -0.2) is 13.6 Å². The highest BCUT2D eigenvalue weighted by Gasteiger charge is 2.61. The molecule has 0 heterocycles. The fraction of sp³-hybridized carbons (Fsp3) is 1.00. The van der Waals surface area contributed by atoms with Gasteiger partial charge in [-0.2, -0.15) is 0 Å². The van der Waals surface area contributed by atoms with E-state index in [1.165, 1.54) is 19.3 Å². The van der Waals surface area contributed by atoms with Gasteiger partial charge in [0.05, 0.1) is 11.9 Å². The van der Waals surface area contributed by atoms with E-state index in [1.807, 2.05) is 0 Å². The Bertz CT molecular complexity index is 474. The van der Waals surface area contributed by atoms with Crippen LogP contribution in [0.3, 0.4) is 0 Å². The van der Waals surface area contributed by atoms with E-state index in [2.05, 4.69) is 27.7 Å². The summed E-state index contributed by atoms with van der Waals surface area (Å²) in [6.45, 7) is 9.97. The Morgan fingerprint density at radius 3 is 2.43 bits per heavy atom. The summed E-state index contributed by atoms with van der Waals surface area (Å²) in [6, 6.07) is 0. The second-order valence-corrected chi connectivity index (χ2v) is 9.75. The average molecular weight is 317 g/mol. The lowest BCUT2D eigenvalue weighted by Crippen LogP contribution is -2.37. The highest BCUT2D eigenvalue weighted by molar-refractivity contribution is 7.89. The van der Waals surface area contributed by atoms with Gasteiger partial charge in [-0.05, 0) is 54.8 Å². The van der Waals surface area contributed by atoms with Crippen LogP contribution in [0.2, 0.25) is 0 Å². The average Bonchev–Trinajstić information content (AvgIpc) is 2.68. The fourth-order valence-electron chi connectivity index (χ4n) is 4.30. The first kappa shape index (κ1) is 17.2. The Labute approximate surface area is 129 Å². The van der Waals surface area contributed by atoms with Crippen molar-refractivity contribution in [2.75, 3.05) is 12.4 Å². The van der Waals surface area contributed by atoms with Crippen LogP contribution in [0.1, 0.15) is 59.8 Å². The lowest BCUT2D eigenvalue weighted by molar-refractivity contribution is -0.0498. The third kappa shape index (κ3) is 3.45. The van der Waals surface area contributed by atoms with Crippen molar-refractivity contribution in [3.05, 3.63) is 0 Å². The first-order chi connectivity index (χ1) is 9.56. The minimum Gasteiger partial charge on any atom is -0.378 e. The van der Waals surface area contributed by atoms with E-state index in [1.54, 1.807) is 0 Å². The molecule has 0 aromatic carbocycles. The molecular weight excluding hydrogens is 286 g/mol. The molecule has 0 saturated heterocycles. The lowest BCUT2D eigenvalue weighted by atomic mass is 9.70. The van der Waals surface area contributed by atoms with Crippen molar-refractivity contribution in [1.29, 1.82) is 0 Å². The van der Waals surface area contributed by atoms with Gasteiger partial charge in [-0.3, -0.25) is 0 Å². The highest BCUT2D eigenvalue weighted by Crippen LogP contribution is 2.66. The maximum Gasteiger partial charge on any atom is 0.209 e. The second-order valence-electron chi connectivity index (χ2n) is 8.02. The van der Waals surface area contributed by atoms with Gasteiger partial charge in [-0.1, -0.05) is 27.7 Å². The summed E-state index contributed by atoms with van der Waals surface area (Å²) in [5, 5.41) is 5.04. The summed E-state index contributed by atoms with van der Waals surface area (Å²) >= 11 is 0. The number of primary sulfonamides is 1. The van der Waals surface area contributed by atoms with Crippen LogP contribution in [-0.4, -0.2) is 26.9 Å². The molecule has 0 radical (unpaired) electrons. The number of fused-ring (bicyclic) bond motifs is 2. The second kappa shape index (κ2) is 5.82. The number of sulfonamides is 1. The van der Waals surface area contributed by atoms with Gasteiger partial charge >= 0.3 is 0 Å². The predicted octanol–water partition coefficient (Wildman–Crippen LogP) is 2.92. The molecule has 5 heteroatoms. The standard InChI is InChI=1S/C16H31NO3S/c1-12(7-10-21(17,18)19)6-9-20-14-11-13-5-8-16(14,4)15(13,2)3/h12-14H,5-11H2,1-4H3,(H2,17,18,19). The van der Waals surface area contributed by atoms with Gasteiger partial charge in [0, 0.05) is 6.61 Å². The molecule has 21 heavy (non-hydrogen) atoms.